The number of carbonyl (C=O) groups excluding carboxylic acids is 2. The first-order chi connectivity index (χ1) is 12.7. The number of piperidine rings is 1. The minimum atomic E-state index is -0.525. The number of para-hydroxylation sites is 1. The van der Waals surface area contributed by atoms with Gasteiger partial charge in [0.25, 0.3) is 0 Å². The van der Waals surface area contributed by atoms with E-state index in [2.05, 4.69) is 15.5 Å². The summed E-state index contributed by atoms with van der Waals surface area (Å²) in [6.07, 6.45) is 7.22. The highest BCUT2D eigenvalue weighted by Crippen LogP contribution is 2.36. The summed E-state index contributed by atoms with van der Waals surface area (Å²) >= 11 is 0. The second-order valence-corrected chi connectivity index (χ2v) is 7.73. The summed E-state index contributed by atoms with van der Waals surface area (Å²) < 4.78 is 0. The Hall–Kier alpha value is -2.24. The van der Waals surface area contributed by atoms with E-state index in [9.17, 15) is 9.59 Å². The van der Waals surface area contributed by atoms with Crippen LogP contribution < -0.4 is 15.5 Å². The Morgan fingerprint density at radius 1 is 1.08 bits per heavy atom. The number of urea groups is 1. The van der Waals surface area contributed by atoms with Crippen molar-refractivity contribution in [1.82, 2.24) is 15.5 Å². The molecule has 6 nitrogen and oxygen atoms in total. The van der Waals surface area contributed by atoms with Gasteiger partial charge >= 0.3 is 6.03 Å². The van der Waals surface area contributed by atoms with Crippen LogP contribution in [0.1, 0.15) is 44.9 Å². The van der Waals surface area contributed by atoms with Crippen molar-refractivity contribution < 1.29 is 9.59 Å². The summed E-state index contributed by atoms with van der Waals surface area (Å²) in [4.78, 5) is 29.3. The van der Waals surface area contributed by atoms with Gasteiger partial charge in [-0.05, 0) is 37.8 Å². The fourth-order valence-corrected chi connectivity index (χ4v) is 4.63. The fourth-order valence-electron chi connectivity index (χ4n) is 4.63. The summed E-state index contributed by atoms with van der Waals surface area (Å²) in [7, 11) is 0. The van der Waals surface area contributed by atoms with Gasteiger partial charge in [-0.15, -0.1) is 0 Å². The van der Waals surface area contributed by atoms with Crippen molar-refractivity contribution in [2.45, 2.75) is 56.5 Å². The molecule has 6 heteroatoms. The molecule has 1 aromatic carbocycles. The van der Waals surface area contributed by atoms with Crippen molar-refractivity contribution in [3.05, 3.63) is 30.3 Å². The fraction of sp³-hybridized carbons (Fsp3) is 0.600. The van der Waals surface area contributed by atoms with E-state index in [-0.39, 0.29) is 11.9 Å². The molecule has 4 rings (SSSR count). The van der Waals surface area contributed by atoms with Crippen molar-refractivity contribution in [2.24, 2.45) is 0 Å². The van der Waals surface area contributed by atoms with E-state index in [1.54, 1.807) is 0 Å². The van der Waals surface area contributed by atoms with Crippen molar-refractivity contribution in [1.29, 1.82) is 0 Å². The number of hydrogen-bond donors (Lipinski definition) is 2. The van der Waals surface area contributed by atoms with Gasteiger partial charge in [0, 0.05) is 24.8 Å². The number of likely N-dealkylation sites (tertiary alicyclic amines) is 1. The van der Waals surface area contributed by atoms with Crippen LogP contribution in [-0.2, 0) is 4.79 Å². The Bertz CT molecular complexity index is 649. The monoisotopic (exact) mass is 356 g/mol. The van der Waals surface area contributed by atoms with Gasteiger partial charge in [-0.2, -0.15) is 0 Å². The van der Waals surface area contributed by atoms with Gasteiger partial charge in [-0.1, -0.05) is 37.5 Å². The number of amides is 3. The molecule has 2 aliphatic heterocycles. The highest BCUT2D eigenvalue weighted by Gasteiger charge is 2.50. The maximum Gasteiger partial charge on any atom is 0.317 e. The SMILES string of the molecule is O=C(NC1CCCCC1)N1CCC2(CC1)C(=O)NCN2c1ccccc1. The van der Waals surface area contributed by atoms with Gasteiger partial charge in [0.15, 0.2) is 0 Å². The zero-order valence-corrected chi connectivity index (χ0v) is 15.2. The molecule has 2 heterocycles. The van der Waals surface area contributed by atoms with Crippen LogP contribution >= 0.6 is 0 Å². The van der Waals surface area contributed by atoms with Gasteiger partial charge in [0.1, 0.15) is 5.54 Å². The molecule has 2 saturated heterocycles. The molecule has 140 valence electrons. The molecule has 0 aromatic heterocycles. The van der Waals surface area contributed by atoms with Gasteiger partial charge in [-0.25, -0.2) is 4.79 Å². The highest BCUT2D eigenvalue weighted by molar-refractivity contribution is 5.93. The van der Waals surface area contributed by atoms with Crippen molar-refractivity contribution >= 4 is 17.6 Å². The molecule has 0 bridgehead atoms. The molecule has 1 saturated carbocycles. The van der Waals surface area contributed by atoms with Crippen LogP contribution in [-0.4, -0.2) is 48.2 Å². The first kappa shape index (κ1) is 17.2. The lowest BCUT2D eigenvalue weighted by Gasteiger charge is -2.43. The Labute approximate surface area is 154 Å². The molecule has 3 aliphatic rings. The number of rotatable bonds is 2. The van der Waals surface area contributed by atoms with E-state index in [1.807, 2.05) is 35.2 Å². The average Bonchev–Trinajstić information content (AvgIpc) is 3.00. The van der Waals surface area contributed by atoms with Gasteiger partial charge in [-0.3, -0.25) is 4.79 Å². The molecule has 1 aliphatic carbocycles. The Morgan fingerprint density at radius 3 is 2.46 bits per heavy atom. The summed E-state index contributed by atoms with van der Waals surface area (Å²) in [6.45, 7) is 1.78. The molecule has 3 amide bonds. The lowest BCUT2D eigenvalue weighted by molar-refractivity contribution is -0.124. The maximum atomic E-state index is 12.7. The van der Waals surface area contributed by atoms with Crippen LogP contribution in [0.5, 0.6) is 0 Å². The number of carbonyl (C=O) groups is 2. The molecule has 0 atom stereocenters. The van der Waals surface area contributed by atoms with Crippen molar-refractivity contribution in [3.8, 4) is 0 Å². The average molecular weight is 356 g/mol. The summed E-state index contributed by atoms with van der Waals surface area (Å²) in [5, 5.41) is 6.20. The summed E-state index contributed by atoms with van der Waals surface area (Å²) in [5.74, 6) is 0.0914. The topological polar surface area (TPSA) is 64.7 Å². The molecule has 0 unspecified atom stereocenters. The minimum absolute atomic E-state index is 0.0383. The van der Waals surface area contributed by atoms with Crippen LogP contribution in [0, 0.1) is 0 Å². The zero-order valence-electron chi connectivity index (χ0n) is 15.2. The molecule has 1 spiro atoms. The third-order valence-corrected chi connectivity index (χ3v) is 6.22. The maximum absolute atomic E-state index is 12.7. The number of benzene rings is 1. The Balaban J connectivity index is 1.41. The standard InChI is InChI=1S/C20H28N4O2/c25-18-20(24(15-21-18)17-9-5-2-6-10-17)11-13-23(14-12-20)19(26)22-16-7-3-1-4-8-16/h2,5-6,9-10,16H,1,3-4,7-8,11-15H2,(H,21,25)(H,22,26). The lowest BCUT2D eigenvalue weighted by Crippen LogP contribution is -2.59. The second kappa shape index (κ2) is 7.17. The van der Waals surface area contributed by atoms with Gasteiger partial charge in [0.05, 0.1) is 6.67 Å². The third-order valence-electron chi connectivity index (χ3n) is 6.22. The normalized spacial score (nSPS) is 23.2. The van der Waals surface area contributed by atoms with E-state index in [4.69, 9.17) is 0 Å². The lowest BCUT2D eigenvalue weighted by atomic mass is 9.85. The zero-order chi connectivity index (χ0) is 18.0. The molecule has 2 N–H and O–H groups in total. The van der Waals surface area contributed by atoms with Crippen molar-refractivity contribution in [2.75, 3.05) is 24.7 Å². The number of nitrogens with zero attached hydrogens (tertiary/aromatic N) is 2. The van der Waals surface area contributed by atoms with Gasteiger partial charge < -0.3 is 20.4 Å². The van der Waals surface area contributed by atoms with E-state index in [1.165, 1.54) is 19.3 Å². The predicted octanol–water partition coefficient (Wildman–Crippen LogP) is 2.46. The van der Waals surface area contributed by atoms with E-state index >= 15 is 0 Å². The van der Waals surface area contributed by atoms with Crippen LogP contribution in [0.2, 0.25) is 0 Å². The predicted molar refractivity (Wildman–Crippen MR) is 101 cm³/mol. The van der Waals surface area contributed by atoms with Crippen molar-refractivity contribution in [3.63, 3.8) is 0 Å². The molecule has 26 heavy (non-hydrogen) atoms. The molecule has 0 radical (unpaired) electrons. The second-order valence-electron chi connectivity index (χ2n) is 7.73. The third kappa shape index (κ3) is 3.13. The Kier molecular flexibility index (Phi) is 4.74. The summed E-state index contributed by atoms with van der Waals surface area (Å²) in [5.41, 5.74) is 0.536. The quantitative estimate of drug-likeness (QED) is 0.856. The van der Waals surface area contributed by atoms with E-state index in [0.29, 0.717) is 38.6 Å². The molecular weight excluding hydrogens is 328 g/mol. The van der Waals surface area contributed by atoms with Crippen LogP contribution in [0.25, 0.3) is 0 Å². The number of nitrogens with one attached hydrogen (secondary N) is 2. The molecular formula is C20H28N4O2. The van der Waals surface area contributed by atoms with Crippen LogP contribution in [0.3, 0.4) is 0 Å². The Morgan fingerprint density at radius 2 is 1.77 bits per heavy atom. The van der Waals surface area contributed by atoms with Crippen LogP contribution in [0.15, 0.2) is 30.3 Å². The van der Waals surface area contributed by atoms with E-state index in [0.717, 1.165) is 18.5 Å². The number of anilines is 1. The minimum Gasteiger partial charge on any atom is -0.339 e. The van der Waals surface area contributed by atoms with Gasteiger partial charge in [0.2, 0.25) is 5.91 Å². The largest absolute Gasteiger partial charge is 0.339 e. The molecule has 1 aromatic rings. The van der Waals surface area contributed by atoms with E-state index < -0.39 is 5.54 Å². The number of hydrogen-bond acceptors (Lipinski definition) is 3. The first-order valence-corrected chi connectivity index (χ1v) is 9.85. The first-order valence-electron chi connectivity index (χ1n) is 9.85. The van der Waals surface area contributed by atoms with Crippen LogP contribution in [0.4, 0.5) is 10.5 Å². The smallest absolute Gasteiger partial charge is 0.317 e. The molecule has 3 fully saturated rings. The summed E-state index contributed by atoms with van der Waals surface area (Å²) in [6, 6.07) is 10.4. The highest BCUT2D eigenvalue weighted by atomic mass is 16.2.